The molecule has 10 heteroatoms. The van der Waals surface area contributed by atoms with E-state index in [2.05, 4.69) is 25.3 Å². The lowest BCUT2D eigenvalue weighted by atomic mass is 10.2. The second kappa shape index (κ2) is 8.02. The molecule has 1 N–H and O–H groups in total. The van der Waals surface area contributed by atoms with Crippen molar-refractivity contribution in [2.24, 2.45) is 0 Å². The first-order valence-electron chi connectivity index (χ1n) is 10.0. The monoisotopic (exact) mass is 423 g/mol. The van der Waals surface area contributed by atoms with Gasteiger partial charge in [-0.25, -0.2) is 15.0 Å². The Hall–Kier alpha value is -3.01. The predicted octanol–water partition coefficient (Wildman–Crippen LogP) is 1.24. The van der Waals surface area contributed by atoms with Crippen molar-refractivity contribution >= 4 is 17.7 Å². The first-order valence-corrected chi connectivity index (χ1v) is 11.0. The first-order chi connectivity index (χ1) is 14.7. The summed E-state index contributed by atoms with van der Waals surface area (Å²) < 4.78 is 3.67. The van der Waals surface area contributed by atoms with Crippen molar-refractivity contribution in [3.63, 3.8) is 0 Å². The van der Waals surface area contributed by atoms with Crippen LogP contribution in [0.1, 0.15) is 30.1 Å². The summed E-state index contributed by atoms with van der Waals surface area (Å²) in [5.41, 5.74) is 2.52. The summed E-state index contributed by atoms with van der Waals surface area (Å²) in [6.07, 6.45) is 11.4. The Morgan fingerprint density at radius 2 is 2.17 bits per heavy atom. The van der Waals surface area contributed by atoms with E-state index >= 15 is 0 Å². The molecule has 4 heterocycles. The molecule has 154 valence electrons. The van der Waals surface area contributed by atoms with E-state index in [1.807, 2.05) is 10.8 Å². The largest absolute Gasteiger partial charge is 0.354 e. The van der Waals surface area contributed by atoms with Gasteiger partial charge in [0.25, 0.3) is 5.56 Å². The number of imidazole rings is 1. The van der Waals surface area contributed by atoms with Gasteiger partial charge in [-0.15, -0.1) is 0 Å². The quantitative estimate of drug-likeness (QED) is 0.594. The van der Waals surface area contributed by atoms with Gasteiger partial charge in [0.05, 0.1) is 17.9 Å². The van der Waals surface area contributed by atoms with Gasteiger partial charge >= 0.3 is 0 Å². The summed E-state index contributed by atoms with van der Waals surface area (Å²) in [5.74, 6) is 1.35. The summed E-state index contributed by atoms with van der Waals surface area (Å²) in [7, 11) is 0. The van der Waals surface area contributed by atoms with Gasteiger partial charge in [0.2, 0.25) is 5.91 Å². The van der Waals surface area contributed by atoms with Gasteiger partial charge in [-0.05, 0) is 19.3 Å². The van der Waals surface area contributed by atoms with Crippen molar-refractivity contribution in [1.82, 2.24) is 34.4 Å². The normalized spacial score (nSPS) is 17.0. The molecule has 0 bridgehead atoms. The van der Waals surface area contributed by atoms with Crippen LogP contribution in [-0.2, 0) is 24.2 Å². The van der Waals surface area contributed by atoms with Crippen molar-refractivity contribution in [3.05, 3.63) is 52.6 Å². The van der Waals surface area contributed by atoms with E-state index in [1.54, 1.807) is 41.1 Å². The Morgan fingerprint density at radius 1 is 1.23 bits per heavy atom. The van der Waals surface area contributed by atoms with Crippen molar-refractivity contribution in [2.75, 3.05) is 12.3 Å². The number of fused-ring (bicyclic) bond motifs is 2. The second-order valence-corrected chi connectivity index (χ2v) is 8.39. The fourth-order valence-corrected chi connectivity index (χ4v) is 5.20. The average Bonchev–Trinajstić information content (AvgIpc) is 3.49. The van der Waals surface area contributed by atoms with Crippen molar-refractivity contribution in [2.45, 2.75) is 43.4 Å². The molecule has 0 saturated heterocycles. The lowest BCUT2D eigenvalue weighted by Crippen LogP contribution is -2.33. The molecule has 30 heavy (non-hydrogen) atoms. The van der Waals surface area contributed by atoms with E-state index in [4.69, 9.17) is 0 Å². The molecule has 0 radical (unpaired) electrons. The smallest absolute Gasteiger partial charge is 0.257 e. The van der Waals surface area contributed by atoms with Crippen LogP contribution in [0, 0.1) is 0 Å². The van der Waals surface area contributed by atoms with Crippen LogP contribution in [0.25, 0.3) is 11.5 Å². The van der Waals surface area contributed by atoms with E-state index < -0.39 is 0 Å². The third-order valence-electron chi connectivity index (χ3n) is 5.48. The van der Waals surface area contributed by atoms with E-state index in [0.29, 0.717) is 30.4 Å². The molecule has 0 spiro atoms. The van der Waals surface area contributed by atoms with Crippen LogP contribution in [0.15, 0.2) is 40.9 Å². The summed E-state index contributed by atoms with van der Waals surface area (Å²) in [5, 5.41) is 3.72. The third kappa shape index (κ3) is 3.51. The fraction of sp³-hybridized carbons (Fsp3) is 0.400. The van der Waals surface area contributed by atoms with Gasteiger partial charge < -0.3 is 9.88 Å². The number of rotatable bonds is 6. The lowest BCUT2D eigenvalue weighted by molar-refractivity contribution is -0.121. The Bertz CT molecular complexity index is 1140. The molecule has 1 amide bonds. The number of hydrogen-bond donors (Lipinski definition) is 1. The number of carbonyl (C=O) groups is 1. The number of hydrogen-bond acceptors (Lipinski definition) is 7. The molecule has 3 aromatic heterocycles. The van der Waals surface area contributed by atoms with E-state index in [0.717, 1.165) is 35.7 Å². The maximum atomic E-state index is 12.8. The van der Waals surface area contributed by atoms with Crippen LogP contribution in [0.2, 0.25) is 0 Å². The predicted molar refractivity (Wildman–Crippen MR) is 111 cm³/mol. The van der Waals surface area contributed by atoms with Crippen LogP contribution in [0.5, 0.6) is 0 Å². The van der Waals surface area contributed by atoms with Gasteiger partial charge in [-0.1, -0.05) is 11.8 Å². The zero-order valence-electron chi connectivity index (χ0n) is 16.3. The van der Waals surface area contributed by atoms with Gasteiger partial charge in [0.1, 0.15) is 5.69 Å². The van der Waals surface area contributed by atoms with Crippen LogP contribution in [-0.4, -0.2) is 47.3 Å². The number of carbonyl (C=O) groups excluding carboxylic acids is 1. The molecule has 1 aliphatic heterocycles. The highest BCUT2D eigenvalue weighted by Gasteiger charge is 2.31. The van der Waals surface area contributed by atoms with E-state index in [9.17, 15) is 9.59 Å². The van der Waals surface area contributed by atoms with Gasteiger partial charge in [0, 0.05) is 55.6 Å². The zero-order valence-corrected chi connectivity index (χ0v) is 17.1. The van der Waals surface area contributed by atoms with E-state index in [-0.39, 0.29) is 23.9 Å². The molecule has 3 aromatic rings. The van der Waals surface area contributed by atoms with Crippen LogP contribution in [0.4, 0.5) is 0 Å². The summed E-state index contributed by atoms with van der Waals surface area (Å²) in [4.78, 5) is 42.7. The molecular weight excluding hydrogens is 402 g/mol. The van der Waals surface area contributed by atoms with Gasteiger partial charge in [-0.3, -0.25) is 19.1 Å². The highest BCUT2D eigenvalue weighted by Crippen LogP contribution is 2.33. The van der Waals surface area contributed by atoms with Gasteiger partial charge in [0.15, 0.2) is 11.0 Å². The highest BCUT2D eigenvalue weighted by molar-refractivity contribution is 7.99. The minimum absolute atomic E-state index is 0.0438. The Morgan fingerprint density at radius 3 is 3.03 bits per heavy atom. The average molecular weight is 424 g/mol. The first kappa shape index (κ1) is 19.0. The van der Waals surface area contributed by atoms with Crippen LogP contribution < -0.4 is 10.9 Å². The van der Waals surface area contributed by atoms with Crippen LogP contribution >= 0.6 is 11.8 Å². The summed E-state index contributed by atoms with van der Waals surface area (Å²) >= 11 is 1.57. The number of amides is 1. The molecule has 0 saturated carbocycles. The molecule has 1 atom stereocenters. The minimum atomic E-state index is -0.140. The van der Waals surface area contributed by atoms with Crippen LogP contribution in [0.3, 0.4) is 0 Å². The highest BCUT2D eigenvalue weighted by atomic mass is 32.2. The number of thioether (sulfide) groups is 1. The second-order valence-electron chi connectivity index (χ2n) is 7.40. The molecule has 5 rings (SSSR count). The lowest BCUT2D eigenvalue weighted by Gasteiger charge is -2.15. The van der Waals surface area contributed by atoms with Crippen molar-refractivity contribution in [1.29, 1.82) is 0 Å². The number of nitrogens with zero attached hydrogens (tertiary/aromatic N) is 6. The summed E-state index contributed by atoms with van der Waals surface area (Å²) in [6.45, 7) is 1.04. The molecule has 0 aromatic carbocycles. The van der Waals surface area contributed by atoms with Gasteiger partial charge in [-0.2, -0.15) is 0 Å². The maximum absolute atomic E-state index is 12.8. The molecule has 0 fully saturated rings. The molecular formula is C20H21N7O2S. The zero-order chi connectivity index (χ0) is 20.5. The molecule has 0 unspecified atom stereocenters. The number of aromatic nitrogens is 6. The van der Waals surface area contributed by atoms with E-state index in [1.165, 1.54) is 0 Å². The molecule has 9 nitrogen and oxygen atoms in total. The SMILES string of the molecule is O=C(C[C@H]1CSc2nc3c(c(=O)n21)CCC3)NCCn1ccnc1-c1cnccn1. The minimum Gasteiger partial charge on any atom is -0.354 e. The Labute approximate surface area is 177 Å². The number of nitrogens with one attached hydrogen (secondary N) is 1. The Balaban J connectivity index is 1.20. The molecule has 1 aliphatic carbocycles. The number of aryl methyl sites for hydroxylation is 1. The third-order valence-corrected chi connectivity index (χ3v) is 6.57. The molecule has 2 aliphatic rings. The van der Waals surface area contributed by atoms with Crippen molar-refractivity contribution in [3.8, 4) is 11.5 Å². The maximum Gasteiger partial charge on any atom is 0.257 e. The topological polar surface area (TPSA) is 108 Å². The summed E-state index contributed by atoms with van der Waals surface area (Å²) in [6, 6.07) is -0.140. The Kier molecular flexibility index (Phi) is 5.07. The fourth-order valence-electron chi connectivity index (χ4n) is 4.04. The van der Waals surface area contributed by atoms with Crippen molar-refractivity contribution < 1.29 is 4.79 Å². The standard InChI is InChI=1S/C20H21N7O2S/c28-17(23-6-8-26-9-7-24-18(26)16-11-21-4-5-22-16)10-13-12-30-20-25-15-3-1-2-14(15)19(29)27(13)20/h4-5,7,9,11,13H,1-3,6,8,10,12H2,(H,23,28)/t13-/m0/s1.